The summed E-state index contributed by atoms with van der Waals surface area (Å²) in [5, 5.41) is 1.10. The van der Waals surface area contributed by atoms with E-state index < -0.39 is 0 Å². The highest BCUT2D eigenvalue weighted by Crippen LogP contribution is 2.36. The molecule has 0 aliphatic carbocycles. The molecule has 1 aromatic carbocycles. The Labute approximate surface area is 147 Å². The van der Waals surface area contributed by atoms with Crippen molar-refractivity contribution in [1.29, 1.82) is 0 Å². The van der Waals surface area contributed by atoms with Crippen LogP contribution in [0.4, 0.5) is 0 Å². The van der Waals surface area contributed by atoms with E-state index in [0.717, 1.165) is 40.8 Å². The van der Waals surface area contributed by atoms with E-state index in [1.807, 2.05) is 36.5 Å². The van der Waals surface area contributed by atoms with Gasteiger partial charge in [-0.1, -0.05) is 0 Å². The first kappa shape index (κ1) is 15.0. The molecule has 4 nitrogen and oxygen atoms in total. The summed E-state index contributed by atoms with van der Waals surface area (Å²) in [6, 6.07) is 13.6. The highest BCUT2D eigenvalue weighted by molar-refractivity contribution is 5.82. The van der Waals surface area contributed by atoms with Crippen LogP contribution in [0.5, 0.6) is 5.75 Å². The van der Waals surface area contributed by atoms with E-state index in [4.69, 9.17) is 9.15 Å². The van der Waals surface area contributed by atoms with Gasteiger partial charge in [0.05, 0.1) is 18.2 Å². The summed E-state index contributed by atoms with van der Waals surface area (Å²) >= 11 is 0. The number of piperidine rings is 1. The lowest BCUT2D eigenvalue weighted by Crippen LogP contribution is -2.43. The molecular weight excluding hydrogens is 312 g/mol. The number of hydrogen-bond donors (Lipinski definition) is 0. The number of pyridine rings is 1. The van der Waals surface area contributed by atoms with Gasteiger partial charge < -0.3 is 14.1 Å². The summed E-state index contributed by atoms with van der Waals surface area (Å²) in [5.41, 5.74) is 2.96. The number of nitrogens with zero attached hydrogens (tertiary/aromatic N) is 2. The highest BCUT2D eigenvalue weighted by atomic mass is 16.5. The summed E-state index contributed by atoms with van der Waals surface area (Å²) in [6.45, 7) is 0. The molecule has 2 aliphatic rings. The maximum Gasteiger partial charge on any atom is 0.138 e. The van der Waals surface area contributed by atoms with Gasteiger partial charge in [0.2, 0.25) is 0 Å². The second-order valence-corrected chi connectivity index (χ2v) is 7.31. The molecule has 2 fully saturated rings. The molecule has 0 spiro atoms. The molecular formula is C21H22N2O2. The van der Waals surface area contributed by atoms with Crippen LogP contribution in [0.3, 0.4) is 0 Å². The fraction of sp³-hybridized carbons (Fsp3) is 0.381. The smallest absolute Gasteiger partial charge is 0.138 e. The van der Waals surface area contributed by atoms with Crippen molar-refractivity contribution in [3.63, 3.8) is 0 Å². The minimum atomic E-state index is 0.323. The lowest BCUT2D eigenvalue weighted by Gasteiger charge is -2.36. The van der Waals surface area contributed by atoms with Crippen molar-refractivity contribution in [2.24, 2.45) is 0 Å². The summed E-state index contributed by atoms with van der Waals surface area (Å²) in [6.07, 6.45) is 8.79. The molecule has 0 amide bonds. The summed E-state index contributed by atoms with van der Waals surface area (Å²) in [7, 11) is 2.26. The third kappa shape index (κ3) is 2.71. The van der Waals surface area contributed by atoms with Crippen molar-refractivity contribution < 1.29 is 9.15 Å². The molecule has 4 heteroatoms. The lowest BCUT2D eigenvalue weighted by atomic mass is 10.0. The van der Waals surface area contributed by atoms with Gasteiger partial charge in [0.1, 0.15) is 17.4 Å². The molecule has 3 aromatic rings. The van der Waals surface area contributed by atoms with E-state index in [1.54, 1.807) is 6.26 Å². The van der Waals surface area contributed by atoms with Crippen LogP contribution in [0.15, 0.2) is 53.3 Å². The number of ether oxygens (including phenoxy) is 1. The zero-order valence-electron chi connectivity index (χ0n) is 14.4. The molecule has 0 N–H and O–H groups in total. The van der Waals surface area contributed by atoms with Gasteiger partial charge in [-0.05, 0) is 69.1 Å². The van der Waals surface area contributed by atoms with Gasteiger partial charge in [0.25, 0.3) is 0 Å². The fourth-order valence-corrected chi connectivity index (χ4v) is 4.40. The van der Waals surface area contributed by atoms with Crippen LogP contribution in [0.2, 0.25) is 0 Å². The van der Waals surface area contributed by atoms with Gasteiger partial charge in [-0.3, -0.25) is 4.98 Å². The fourth-order valence-electron chi connectivity index (χ4n) is 4.40. The van der Waals surface area contributed by atoms with Crippen molar-refractivity contribution in [1.82, 2.24) is 9.88 Å². The van der Waals surface area contributed by atoms with E-state index >= 15 is 0 Å². The molecule has 128 valence electrons. The average molecular weight is 334 g/mol. The van der Waals surface area contributed by atoms with Crippen LogP contribution in [0.1, 0.15) is 25.7 Å². The van der Waals surface area contributed by atoms with E-state index in [2.05, 4.69) is 23.0 Å². The SMILES string of the molecule is CN1[C@@H]2CC[C@H]1C[C@H](Oc1ccc(-c3ccc4occc4c3)nc1)C2. The van der Waals surface area contributed by atoms with Crippen molar-refractivity contribution in [3.8, 4) is 17.0 Å². The van der Waals surface area contributed by atoms with Gasteiger partial charge in [-0.15, -0.1) is 0 Å². The molecule has 25 heavy (non-hydrogen) atoms. The summed E-state index contributed by atoms with van der Waals surface area (Å²) < 4.78 is 11.6. The molecule has 3 atom stereocenters. The van der Waals surface area contributed by atoms with Gasteiger partial charge in [0, 0.05) is 23.0 Å². The third-order valence-electron chi connectivity index (χ3n) is 5.84. The zero-order valence-corrected chi connectivity index (χ0v) is 14.4. The largest absolute Gasteiger partial charge is 0.489 e. The molecule has 2 aliphatic heterocycles. The Balaban J connectivity index is 1.31. The Hall–Kier alpha value is -2.33. The van der Waals surface area contributed by atoms with Gasteiger partial charge >= 0.3 is 0 Å². The molecule has 0 saturated carbocycles. The van der Waals surface area contributed by atoms with E-state index in [0.29, 0.717) is 18.2 Å². The van der Waals surface area contributed by atoms with Gasteiger partial charge in [-0.25, -0.2) is 0 Å². The summed E-state index contributed by atoms with van der Waals surface area (Å²) in [5.74, 6) is 0.877. The average Bonchev–Trinajstić information content (AvgIpc) is 3.16. The van der Waals surface area contributed by atoms with E-state index in [-0.39, 0.29) is 0 Å². The molecule has 4 heterocycles. The number of benzene rings is 1. The number of fused-ring (bicyclic) bond motifs is 3. The van der Waals surface area contributed by atoms with E-state index in [9.17, 15) is 0 Å². The molecule has 2 aromatic heterocycles. The van der Waals surface area contributed by atoms with Crippen molar-refractivity contribution >= 4 is 11.0 Å². The van der Waals surface area contributed by atoms with E-state index in [1.165, 1.54) is 12.8 Å². The zero-order chi connectivity index (χ0) is 16.8. The normalized spacial score (nSPS) is 26.2. The van der Waals surface area contributed by atoms with Gasteiger partial charge in [-0.2, -0.15) is 0 Å². The number of aromatic nitrogens is 1. The molecule has 2 saturated heterocycles. The number of hydrogen-bond acceptors (Lipinski definition) is 4. The molecule has 0 unspecified atom stereocenters. The highest BCUT2D eigenvalue weighted by Gasteiger charge is 2.39. The Morgan fingerprint density at radius 3 is 2.68 bits per heavy atom. The third-order valence-corrected chi connectivity index (χ3v) is 5.84. The predicted octanol–water partition coefficient (Wildman–Crippen LogP) is 4.50. The van der Waals surface area contributed by atoms with Crippen LogP contribution in [-0.2, 0) is 0 Å². The van der Waals surface area contributed by atoms with Crippen LogP contribution >= 0.6 is 0 Å². The Morgan fingerprint density at radius 1 is 1.08 bits per heavy atom. The van der Waals surface area contributed by atoms with Crippen molar-refractivity contribution in [3.05, 3.63) is 48.9 Å². The topological polar surface area (TPSA) is 38.5 Å². The molecule has 0 radical (unpaired) electrons. The lowest BCUT2D eigenvalue weighted by molar-refractivity contribution is 0.0659. The maximum atomic E-state index is 6.23. The Kier molecular flexibility index (Phi) is 3.52. The number of rotatable bonds is 3. The second-order valence-electron chi connectivity index (χ2n) is 7.31. The van der Waals surface area contributed by atoms with Gasteiger partial charge in [0.15, 0.2) is 0 Å². The monoisotopic (exact) mass is 334 g/mol. The first-order valence-electron chi connectivity index (χ1n) is 9.08. The quantitative estimate of drug-likeness (QED) is 0.707. The predicted molar refractivity (Wildman–Crippen MR) is 97.7 cm³/mol. The molecule has 5 rings (SSSR count). The van der Waals surface area contributed by atoms with Crippen molar-refractivity contribution in [2.45, 2.75) is 43.9 Å². The van der Waals surface area contributed by atoms with Crippen LogP contribution in [-0.4, -0.2) is 35.1 Å². The Bertz CT molecular complexity index is 872. The van der Waals surface area contributed by atoms with Crippen LogP contribution in [0, 0.1) is 0 Å². The first-order valence-corrected chi connectivity index (χ1v) is 9.08. The number of furan rings is 1. The van der Waals surface area contributed by atoms with Crippen LogP contribution < -0.4 is 4.74 Å². The second kappa shape index (κ2) is 5.88. The Morgan fingerprint density at radius 2 is 1.92 bits per heavy atom. The minimum absolute atomic E-state index is 0.323. The minimum Gasteiger partial charge on any atom is -0.489 e. The summed E-state index contributed by atoms with van der Waals surface area (Å²) in [4.78, 5) is 7.14. The van der Waals surface area contributed by atoms with Crippen molar-refractivity contribution in [2.75, 3.05) is 7.05 Å². The maximum absolute atomic E-state index is 6.23. The van der Waals surface area contributed by atoms with Crippen LogP contribution in [0.25, 0.3) is 22.2 Å². The molecule has 2 bridgehead atoms. The first-order chi connectivity index (χ1) is 12.3. The standard InChI is InChI=1S/C21H22N2O2/c1-23-16-3-4-17(23)12-19(11-16)25-18-5-6-20(22-13-18)14-2-7-21-15(10-14)8-9-24-21/h2,5-10,13,16-17,19H,3-4,11-12H2,1H3/t16-,17+,19-.